The molecule has 20 heavy (non-hydrogen) atoms. The molecule has 0 aliphatic heterocycles. The van der Waals surface area contributed by atoms with Crippen molar-refractivity contribution in [3.8, 4) is 5.75 Å². The van der Waals surface area contributed by atoms with Crippen molar-refractivity contribution in [2.24, 2.45) is 0 Å². The first-order valence-electron chi connectivity index (χ1n) is 5.58. The Morgan fingerprint density at radius 1 is 1.20 bits per heavy atom. The van der Waals surface area contributed by atoms with Gasteiger partial charge in [-0.3, -0.25) is 4.98 Å². The summed E-state index contributed by atoms with van der Waals surface area (Å²) in [6, 6.07) is 4.99. The highest BCUT2D eigenvalue weighted by atomic mass is 35.5. The van der Waals surface area contributed by atoms with Crippen molar-refractivity contribution < 1.29 is 22.1 Å². The Morgan fingerprint density at radius 3 is 2.65 bits per heavy atom. The van der Waals surface area contributed by atoms with Gasteiger partial charge >= 0.3 is 6.98 Å². The highest BCUT2D eigenvalue weighted by molar-refractivity contribution is 6.73. The van der Waals surface area contributed by atoms with E-state index < -0.39 is 18.3 Å². The van der Waals surface area contributed by atoms with Crippen molar-refractivity contribution in [3.63, 3.8) is 0 Å². The maximum absolute atomic E-state index is 13.2. The Labute approximate surface area is 117 Å². The van der Waals surface area contributed by atoms with Crippen LogP contribution >= 0.6 is 11.6 Å². The van der Waals surface area contributed by atoms with E-state index in [1.54, 1.807) is 0 Å². The molecule has 1 heterocycles. The Balaban J connectivity index is 2.13. The predicted molar refractivity (Wildman–Crippen MR) is 68.7 cm³/mol. The Morgan fingerprint density at radius 2 is 1.95 bits per heavy atom. The quantitative estimate of drug-likeness (QED) is 0.637. The van der Waals surface area contributed by atoms with Gasteiger partial charge in [-0.1, -0.05) is 29.2 Å². The third-order valence-corrected chi connectivity index (χ3v) is 2.96. The molecule has 8 heteroatoms. The predicted octanol–water partition coefficient (Wildman–Crippen LogP) is 3.51. The number of rotatable bonds is 4. The number of hydrogen-bond acceptors (Lipinski definition) is 2. The van der Waals surface area contributed by atoms with Gasteiger partial charge in [0, 0.05) is 11.8 Å². The Bertz CT molecular complexity index is 621. The fraction of sp³-hybridized carbons (Fsp3) is 0.0833. The number of hydrogen-bond donors (Lipinski definition) is 0. The summed E-state index contributed by atoms with van der Waals surface area (Å²) in [5.41, 5.74) is -0.512. The van der Waals surface area contributed by atoms with E-state index in [0.717, 1.165) is 18.5 Å². The number of halogens is 5. The average molecular weight is 304 g/mol. The van der Waals surface area contributed by atoms with Crippen LogP contribution in [-0.2, 0) is 6.61 Å². The molecule has 0 saturated carbocycles. The minimum atomic E-state index is -5.14. The van der Waals surface area contributed by atoms with E-state index in [1.165, 1.54) is 18.2 Å². The summed E-state index contributed by atoms with van der Waals surface area (Å²) in [6.07, 6.45) is 1.88. The monoisotopic (exact) mass is 304 g/mol. The molecule has 2 aromatic rings. The van der Waals surface area contributed by atoms with E-state index in [0.29, 0.717) is 5.56 Å². The zero-order chi connectivity index (χ0) is 14.8. The molecule has 106 valence electrons. The van der Waals surface area contributed by atoms with Crippen LogP contribution in [0.3, 0.4) is 0 Å². The standard InChI is InChI=1S/C12H8BClF4NO/c14-12-8(2-1-3-11(12)15)7-20-10-4-9(5-19-6-10)13(16,17)18/h1-6H,7H2/q-1. The molecule has 0 radical (unpaired) electrons. The summed E-state index contributed by atoms with van der Waals surface area (Å²) >= 11 is 5.72. The summed E-state index contributed by atoms with van der Waals surface area (Å²) in [5.74, 6) is -0.666. The molecule has 1 aromatic heterocycles. The van der Waals surface area contributed by atoms with Gasteiger partial charge in [0.25, 0.3) is 0 Å². The number of aromatic nitrogens is 1. The molecule has 0 fully saturated rings. The zero-order valence-corrected chi connectivity index (χ0v) is 10.7. The van der Waals surface area contributed by atoms with Crippen molar-refractivity contribution in [1.29, 1.82) is 0 Å². The zero-order valence-electron chi connectivity index (χ0n) is 9.99. The summed E-state index contributed by atoms with van der Waals surface area (Å²) < 4.78 is 56.0. The number of benzene rings is 1. The average Bonchev–Trinajstić information content (AvgIpc) is 2.40. The lowest BCUT2D eigenvalue weighted by atomic mass is 9.81. The van der Waals surface area contributed by atoms with Gasteiger partial charge in [0.15, 0.2) is 0 Å². The van der Waals surface area contributed by atoms with Crippen LogP contribution < -0.4 is 10.2 Å². The molecule has 0 saturated heterocycles. The van der Waals surface area contributed by atoms with E-state index >= 15 is 0 Å². The first-order chi connectivity index (χ1) is 9.38. The van der Waals surface area contributed by atoms with Gasteiger partial charge in [0.05, 0.1) is 11.2 Å². The lowest BCUT2D eigenvalue weighted by Gasteiger charge is -2.15. The van der Waals surface area contributed by atoms with Gasteiger partial charge in [-0.2, -0.15) is 0 Å². The number of nitrogens with zero attached hydrogens (tertiary/aromatic N) is 1. The highest BCUT2D eigenvalue weighted by Gasteiger charge is 2.26. The number of ether oxygens (including phenoxy) is 1. The highest BCUT2D eigenvalue weighted by Crippen LogP contribution is 2.21. The largest absolute Gasteiger partial charge is 0.511 e. The molecule has 0 unspecified atom stereocenters. The van der Waals surface area contributed by atoms with Crippen LogP contribution in [0.1, 0.15) is 5.56 Å². The topological polar surface area (TPSA) is 22.1 Å². The second kappa shape index (κ2) is 5.70. The summed E-state index contributed by atoms with van der Waals surface area (Å²) in [6.45, 7) is -5.28. The van der Waals surface area contributed by atoms with Crippen LogP contribution in [0.25, 0.3) is 0 Å². The molecular weight excluding hydrogens is 296 g/mol. The third kappa shape index (κ3) is 3.42. The van der Waals surface area contributed by atoms with Crippen molar-refractivity contribution in [2.75, 3.05) is 0 Å². The second-order valence-corrected chi connectivity index (χ2v) is 4.41. The van der Waals surface area contributed by atoms with Crippen molar-refractivity contribution in [2.45, 2.75) is 6.61 Å². The lowest BCUT2D eigenvalue weighted by molar-refractivity contribution is 0.304. The van der Waals surface area contributed by atoms with Crippen LogP contribution in [0.15, 0.2) is 36.7 Å². The number of pyridine rings is 1. The van der Waals surface area contributed by atoms with Gasteiger partial charge < -0.3 is 17.7 Å². The smallest absolute Gasteiger partial charge is 0.487 e. The van der Waals surface area contributed by atoms with Gasteiger partial charge in [-0.15, -0.1) is 0 Å². The van der Waals surface area contributed by atoms with Gasteiger partial charge in [-0.25, -0.2) is 4.39 Å². The molecule has 0 aliphatic rings. The lowest BCUT2D eigenvalue weighted by Crippen LogP contribution is -2.34. The molecule has 0 bridgehead atoms. The van der Waals surface area contributed by atoms with Crippen LogP contribution in [0.5, 0.6) is 5.75 Å². The Hall–Kier alpha value is -1.76. The second-order valence-electron chi connectivity index (χ2n) is 4.03. The molecule has 0 N–H and O–H groups in total. The Kier molecular flexibility index (Phi) is 4.18. The van der Waals surface area contributed by atoms with E-state index in [4.69, 9.17) is 16.3 Å². The molecule has 1 aromatic carbocycles. The molecule has 0 atom stereocenters. The molecule has 2 rings (SSSR count). The van der Waals surface area contributed by atoms with Gasteiger partial charge in [-0.05, 0) is 12.1 Å². The molecule has 0 amide bonds. The molecule has 0 spiro atoms. The minimum absolute atomic E-state index is 0.0537. The summed E-state index contributed by atoms with van der Waals surface area (Å²) in [5, 5.41) is -0.114. The van der Waals surface area contributed by atoms with Crippen molar-refractivity contribution >= 4 is 24.0 Å². The van der Waals surface area contributed by atoms with E-state index in [2.05, 4.69) is 4.98 Å². The summed E-state index contributed by atoms with van der Waals surface area (Å²) in [7, 11) is 0. The van der Waals surface area contributed by atoms with E-state index in [9.17, 15) is 17.3 Å². The maximum atomic E-state index is 13.2. The van der Waals surface area contributed by atoms with Crippen LogP contribution in [0, 0.1) is 5.82 Å². The maximum Gasteiger partial charge on any atom is 0.511 e. The van der Waals surface area contributed by atoms with E-state index in [1.807, 2.05) is 0 Å². The fourth-order valence-corrected chi connectivity index (χ4v) is 1.70. The molecule has 2 nitrogen and oxygen atoms in total. The van der Waals surface area contributed by atoms with Crippen LogP contribution in [0.4, 0.5) is 17.3 Å². The van der Waals surface area contributed by atoms with Crippen molar-refractivity contribution in [3.05, 3.63) is 53.1 Å². The first kappa shape index (κ1) is 14.6. The normalized spacial score (nSPS) is 11.4. The SMILES string of the molecule is Fc1cccc(COc2cncc([B-](F)(F)F)c2)c1Cl. The first-order valence-corrected chi connectivity index (χ1v) is 5.96. The minimum Gasteiger partial charge on any atom is -0.487 e. The van der Waals surface area contributed by atoms with Gasteiger partial charge in [0.1, 0.15) is 18.2 Å². The van der Waals surface area contributed by atoms with E-state index in [-0.39, 0.29) is 17.4 Å². The van der Waals surface area contributed by atoms with Crippen molar-refractivity contribution in [1.82, 2.24) is 4.98 Å². The van der Waals surface area contributed by atoms with Crippen LogP contribution in [0.2, 0.25) is 5.02 Å². The van der Waals surface area contributed by atoms with Gasteiger partial charge in [0.2, 0.25) is 0 Å². The summed E-state index contributed by atoms with van der Waals surface area (Å²) in [4.78, 5) is 3.47. The van der Waals surface area contributed by atoms with Crippen LogP contribution in [-0.4, -0.2) is 12.0 Å². The third-order valence-electron chi connectivity index (χ3n) is 2.54. The molecule has 0 aliphatic carbocycles. The molecular formula is C12H8BClF4NO-. The fourth-order valence-electron chi connectivity index (χ4n) is 1.51.